The minimum atomic E-state index is -1.42. The van der Waals surface area contributed by atoms with Gasteiger partial charge in [0.05, 0.1) is 0 Å². The van der Waals surface area contributed by atoms with E-state index in [1.807, 2.05) is 0 Å². The van der Waals surface area contributed by atoms with Crippen molar-refractivity contribution in [3.8, 4) is 0 Å². The summed E-state index contributed by atoms with van der Waals surface area (Å²) >= 11 is 0. The molecule has 0 unspecified atom stereocenters. The van der Waals surface area contributed by atoms with Crippen molar-refractivity contribution < 1.29 is 13.6 Å². The molecule has 0 atom stereocenters. The van der Waals surface area contributed by atoms with Crippen LogP contribution in [0.3, 0.4) is 0 Å². The molecule has 0 aromatic heterocycles. The van der Waals surface area contributed by atoms with Gasteiger partial charge in [-0.25, -0.2) is 0 Å². The standard InChI is InChI=1S/BO.O2Si/c1-2;1-3-2. The van der Waals surface area contributed by atoms with E-state index in [1.165, 1.54) is 0 Å². The molecular formula is BO3Si. The monoisotopic (exact) mass is 87.0 g/mol. The van der Waals surface area contributed by atoms with Crippen LogP contribution in [0.4, 0.5) is 0 Å². The van der Waals surface area contributed by atoms with E-state index in [-0.39, 0.29) is 0 Å². The van der Waals surface area contributed by atoms with Gasteiger partial charge >= 0.3 is 21.7 Å². The van der Waals surface area contributed by atoms with Crippen molar-refractivity contribution in [2.75, 3.05) is 0 Å². The second-order valence-corrected chi connectivity index (χ2v) is 0.250. The number of rotatable bonds is 0. The summed E-state index contributed by atoms with van der Waals surface area (Å²) in [6.45, 7) is 0. The van der Waals surface area contributed by atoms with E-state index < -0.39 is 9.29 Å². The van der Waals surface area contributed by atoms with Crippen molar-refractivity contribution in [2.45, 2.75) is 0 Å². The van der Waals surface area contributed by atoms with Gasteiger partial charge in [0.15, 0.2) is 0 Å². The molecule has 0 aliphatic heterocycles. The zero-order valence-electron chi connectivity index (χ0n) is 2.30. The molecule has 0 fully saturated rings. The van der Waals surface area contributed by atoms with Gasteiger partial charge in [0.25, 0.3) is 0 Å². The van der Waals surface area contributed by atoms with Crippen molar-refractivity contribution in [1.29, 1.82) is 0 Å². The van der Waals surface area contributed by atoms with Crippen LogP contribution in [-0.2, 0) is 13.6 Å². The van der Waals surface area contributed by atoms with E-state index >= 15 is 0 Å². The molecule has 3 nitrogen and oxygen atoms in total. The summed E-state index contributed by atoms with van der Waals surface area (Å²) in [5.74, 6) is 0. The van der Waals surface area contributed by atoms with Gasteiger partial charge in [0.1, 0.15) is 0 Å². The van der Waals surface area contributed by atoms with Crippen LogP contribution in [0, 0.1) is 0 Å². The third-order valence-electron chi connectivity index (χ3n) is 0. The first-order valence-electron chi connectivity index (χ1n) is 0.644. The van der Waals surface area contributed by atoms with Gasteiger partial charge in [0.2, 0.25) is 0 Å². The summed E-state index contributed by atoms with van der Waals surface area (Å²) in [5.41, 5.74) is 0. The summed E-state index contributed by atoms with van der Waals surface area (Å²) in [6, 6.07) is 0. The first-order valence-corrected chi connectivity index (χ1v) is 1.46. The molecule has 0 aromatic carbocycles. The Bertz CT molecular complexity index is 36.2. The normalized spacial score (nSPS) is 2.20. The van der Waals surface area contributed by atoms with Crippen molar-refractivity contribution in [2.24, 2.45) is 0 Å². The molecule has 0 spiro atoms. The Labute approximate surface area is 31.7 Å². The van der Waals surface area contributed by atoms with E-state index in [1.54, 1.807) is 0 Å². The fraction of sp³-hybridized carbons (Fsp3) is 0. The molecule has 0 bridgehead atoms. The van der Waals surface area contributed by atoms with Gasteiger partial charge in [-0.3, -0.25) is 8.92 Å². The number of hydrogen-bond donors (Lipinski definition) is 0. The molecule has 0 aliphatic carbocycles. The maximum absolute atomic E-state index is 8.40. The fourth-order valence-electron chi connectivity index (χ4n) is 0. The molecule has 0 heterocycles. The Morgan fingerprint density at radius 2 is 1.20 bits per heavy atom. The fourth-order valence-corrected chi connectivity index (χ4v) is 0. The third-order valence-corrected chi connectivity index (χ3v) is 0. The van der Waals surface area contributed by atoms with Crippen LogP contribution in [0.25, 0.3) is 0 Å². The molecule has 5 heteroatoms. The zero-order chi connectivity index (χ0) is 4.71. The van der Waals surface area contributed by atoms with Crippen molar-refractivity contribution in [3.63, 3.8) is 0 Å². The molecule has 1 radical (unpaired) electrons. The van der Waals surface area contributed by atoms with E-state index in [0.717, 1.165) is 0 Å². The first-order chi connectivity index (χ1) is 2.41. The molecule has 0 rings (SSSR count). The summed E-state index contributed by atoms with van der Waals surface area (Å²) < 4.78 is 24.6. The van der Waals surface area contributed by atoms with Crippen LogP contribution in [0.15, 0.2) is 0 Å². The van der Waals surface area contributed by atoms with Crippen LogP contribution in [-0.4, -0.2) is 17.0 Å². The molecule has 0 aliphatic rings. The van der Waals surface area contributed by atoms with Gasteiger partial charge in [-0.2, -0.15) is 0 Å². The van der Waals surface area contributed by atoms with Gasteiger partial charge in [0, 0.05) is 0 Å². The maximum atomic E-state index is 8.40. The van der Waals surface area contributed by atoms with Crippen molar-refractivity contribution in [3.05, 3.63) is 0 Å². The van der Waals surface area contributed by atoms with Gasteiger partial charge in [-0.05, 0) is 0 Å². The van der Waals surface area contributed by atoms with Crippen LogP contribution < -0.4 is 0 Å². The van der Waals surface area contributed by atoms with Crippen LogP contribution in [0.5, 0.6) is 0 Å². The zero-order valence-corrected chi connectivity index (χ0v) is 3.30. The Kier molecular flexibility index (Phi) is 101. The Morgan fingerprint density at radius 3 is 1.20 bits per heavy atom. The quantitative estimate of drug-likeness (QED) is 0.351. The molecule has 0 saturated heterocycles. The SMILES string of the molecule is O=[Si]=O.[B]=O. The average molecular weight is 86.9 g/mol. The molecule has 0 N–H and O–H groups in total. The van der Waals surface area contributed by atoms with Crippen LogP contribution in [0.1, 0.15) is 0 Å². The second-order valence-electron chi connectivity index (χ2n) is 0.0833. The predicted octanol–water partition coefficient (Wildman–Crippen LogP) is -1.12. The molecule has 5 heavy (non-hydrogen) atoms. The molecule has 0 amide bonds. The predicted molar refractivity (Wildman–Crippen MR) is 13.6 cm³/mol. The topological polar surface area (TPSA) is 51.2 Å². The Hall–Kier alpha value is -0.318. The molecule has 0 saturated carbocycles. The summed E-state index contributed by atoms with van der Waals surface area (Å²) in [7, 11) is 1.83. The Morgan fingerprint density at radius 1 is 1.20 bits per heavy atom. The van der Waals surface area contributed by atoms with E-state index in [9.17, 15) is 0 Å². The third kappa shape index (κ3) is 103. The average Bonchev–Trinajstić information content (AvgIpc) is 1.46. The van der Waals surface area contributed by atoms with Crippen LogP contribution >= 0.6 is 0 Å². The second kappa shape index (κ2) is 57.0. The van der Waals surface area contributed by atoms with Crippen molar-refractivity contribution >= 4 is 17.0 Å². The summed E-state index contributed by atoms with van der Waals surface area (Å²) in [6.07, 6.45) is 0. The van der Waals surface area contributed by atoms with E-state index in [4.69, 9.17) is 13.6 Å². The summed E-state index contributed by atoms with van der Waals surface area (Å²) in [4.78, 5) is 0. The van der Waals surface area contributed by atoms with Crippen molar-refractivity contribution in [1.82, 2.24) is 0 Å². The van der Waals surface area contributed by atoms with Gasteiger partial charge in [-0.1, -0.05) is 0 Å². The molecule has 25 valence electrons. The molecule has 0 aromatic rings. The van der Waals surface area contributed by atoms with Gasteiger partial charge < -0.3 is 0 Å². The van der Waals surface area contributed by atoms with Crippen LogP contribution in [0.2, 0.25) is 0 Å². The van der Waals surface area contributed by atoms with E-state index in [0.29, 0.717) is 0 Å². The van der Waals surface area contributed by atoms with E-state index in [2.05, 4.69) is 7.72 Å². The molecular weight excluding hydrogens is 86.9 g/mol. The first kappa shape index (κ1) is 8.82. The summed E-state index contributed by atoms with van der Waals surface area (Å²) in [5, 5.41) is 0. The van der Waals surface area contributed by atoms with Gasteiger partial charge in [-0.15, -0.1) is 0 Å². The number of hydrogen-bond acceptors (Lipinski definition) is 3. The Balaban J connectivity index is 0. The minimum absolute atomic E-state index is 1.42.